The Morgan fingerprint density at radius 1 is 1.75 bits per heavy atom. The van der Waals surface area contributed by atoms with E-state index in [0.29, 0.717) is 0 Å². The first-order valence-electron chi connectivity index (χ1n) is 2.50. The highest BCUT2D eigenvalue weighted by Crippen LogP contribution is 2.17. The van der Waals surface area contributed by atoms with Crippen molar-refractivity contribution in [2.75, 3.05) is 0 Å². The van der Waals surface area contributed by atoms with Crippen LogP contribution in [0.5, 0.6) is 0 Å². The number of allylic oxidation sites excluding steroid dienone is 2. The molecule has 1 aliphatic carbocycles. The van der Waals surface area contributed by atoms with Gasteiger partial charge < -0.3 is 5.11 Å². The molecule has 1 aliphatic rings. The number of hydrogen-bond donors (Lipinski definition) is 1. The summed E-state index contributed by atoms with van der Waals surface area (Å²) in [6, 6.07) is 0. The smallest absolute Gasteiger partial charge is 0.0769 e. The Morgan fingerprint density at radius 3 is 2.88 bits per heavy atom. The molecule has 1 unspecified atom stereocenters. The molecule has 2 heteroatoms. The third kappa shape index (κ3) is 1.46. The molecule has 1 rings (SSSR count). The first-order valence-corrected chi connectivity index (χ1v) is 3.29. The minimum atomic E-state index is -0.283. The zero-order chi connectivity index (χ0) is 5.98. The van der Waals surface area contributed by atoms with Crippen molar-refractivity contribution in [2.45, 2.75) is 12.5 Å². The molecule has 0 aromatic carbocycles. The lowest BCUT2D eigenvalue weighted by Gasteiger charge is -2.06. The van der Waals surface area contributed by atoms with Crippen molar-refractivity contribution in [2.24, 2.45) is 0 Å². The van der Waals surface area contributed by atoms with Gasteiger partial charge in [-0.3, -0.25) is 0 Å². The lowest BCUT2D eigenvalue weighted by molar-refractivity contribution is 0.225. The Kier molecular flexibility index (Phi) is 1.86. The highest BCUT2D eigenvalue weighted by molar-refractivity contribution is 9.11. The van der Waals surface area contributed by atoms with Crippen LogP contribution in [0.25, 0.3) is 0 Å². The minimum absolute atomic E-state index is 0.283. The maximum Gasteiger partial charge on any atom is 0.0769 e. The maximum absolute atomic E-state index is 8.92. The van der Waals surface area contributed by atoms with Gasteiger partial charge in [0.05, 0.1) is 6.10 Å². The predicted molar refractivity (Wildman–Crippen MR) is 36.8 cm³/mol. The summed E-state index contributed by atoms with van der Waals surface area (Å²) in [5, 5.41) is 8.92. The van der Waals surface area contributed by atoms with E-state index in [1.807, 2.05) is 12.2 Å². The van der Waals surface area contributed by atoms with Crippen LogP contribution in [0.3, 0.4) is 0 Å². The molecule has 0 aromatic rings. The number of halogens is 1. The lowest BCUT2D eigenvalue weighted by atomic mass is 10.1. The molecule has 0 amide bonds. The van der Waals surface area contributed by atoms with Crippen LogP contribution < -0.4 is 0 Å². The molecule has 0 aliphatic heterocycles. The number of rotatable bonds is 0. The fourth-order valence-corrected chi connectivity index (χ4v) is 1.11. The van der Waals surface area contributed by atoms with Crippen molar-refractivity contribution in [3.63, 3.8) is 0 Å². The van der Waals surface area contributed by atoms with Gasteiger partial charge in [0.25, 0.3) is 0 Å². The largest absolute Gasteiger partial charge is 0.389 e. The van der Waals surface area contributed by atoms with Crippen LogP contribution in [0.1, 0.15) is 6.42 Å². The topological polar surface area (TPSA) is 20.2 Å². The first-order chi connectivity index (χ1) is 3.79. The fraction of sp³-hybridized carbons (Fsp3) is 0.333. The van der Waals surface area contributed by atoms with Crippen molar-refractivity contribution in [1.29, 1.82) is 0 Å². The van der Waals surface area contributed by atoms with E-state index in [1.165, 1.54) is 0 Å². The quantitative estimate of drug-likeness (QED) is 0.592. The van der Waals surface area contributed by atoms with Crippen LogP contribution in [-0.2, 0) is 0 Å². The van der Waals surface area contributed by atoms with Crippen LogP contribution in [0.4, 0.5) is 0 Å². The molecule has 0 aromatic heterocycles. The van der Waals surface area contributed by atoms with Crippen LogP contribution in [-0.4, -0.2) is 11.2 Å². The summed E-state index contributed by atoms with van der Waals surface area (Å²) in [7, 11) is 0. The van der Waals surface area contributed by atoms with Gasteiger partial charge in [-0.05, 0) is 4.48 Å². The molecule has 8 heavy (non-hydrogen) atoms. The molecule has 0 spiro atoms. The predicted octanol–water partition coefficient (Wildman–Crippen LogP) is 1.59. The van der Waals surface area contributed by atoms with E-state index in [1.54, 1.807) is 6.08 Å². The molecule has 0 bridgehead atoms. The Labute approximate surface area is 56.8 Å². The molecule has 0 heterocycles. The molecule has 0 saturated carbocycles. The van der Waals surface area contributed by atoms with Gasteiger partial charge in [-0.1, -0.05) is 34.2 Å². The van der Waals surface area contributed by atoms with E-state index in [2.05, 4.69) is 15.9 Å². The van der Waals surface area contributed by atoms with E-state index in [4.69, 9.17) is 5.11 Å². The summed E-state index contributed by atoms with van der Waals surface area (Å²) < 4.78 is 1.06. The first kappa shape index (κ1) is 6.05. The van der Waals surface area contributed by atoms with E-state index in [0.717, 1.165) is 10.9 Å². The molecule has 0 radical (unpaired) electrons. The van der Waals surface area contributed by atoms with Crippen LogP contribution in [0.15, 0.2) is 22.7 Å². The third-order valence-electron chi connectivity index (χ3n) is 1.01. The number of aliphatic hydroxyl groups excluding tert-OH is 1. The van der Waals surface area contributed by atoms with E-state index >= 15 is 0 Å². The molecule has 44 valence electrons. The average Bonchev–Trinajstić information content (AvgIpc) is 1.64. The van der Waals surface area contributed by atoms with Gasteiger partial charge in [-0.25, -0.2) is 0 Å². The van der Waals surface area contributed by atoms with Gasteiger partial charge in [0.15, 0.2) is 0 Å². The van der Waals surface area contributed by atoms with Gasteiger partial charge in [-0.15, -0.1) is 0 Å². The van der Waals surface area contributed by atoms with Crippen molar-refractivity contribution < 1.29 is 5.11 Å². The molecule has 1 N–H and O–H groups in total. The van der Waals surface area contributed by atoms with Gasteiger partial charge in [-0.2, -0.15) is 0 Å². The maximum atomic E-state index is 8.92. The van der Waals surface area contributed by atoms with Gasteiger partial charge in [0, 0.05) is 6.42 Å². The van der Waals surface area contributed by atoms with E-state index in [-0.39, 0.29) is 6.10 Å². The summed E-state index contributed by atoms with van der Waals surface area (Å²) in [5.74, 6) is 0. The summed E-state index contributed by atoms with van der Waals surface area (Å²) in [6.45, 7) is 0. The van der Waals surface area contributed by atoms with E-state index in [9.17, 15) is 0 Å². The summed E-state index contributed by atoms with van der Waals surface area (Å²) in [5.41, 5.74) is 0. The molecule has 0 fully saturated rings. The Balaban J connectivity index is 2.59. The zero-order valence-corrected chi connectivity index (χ0v) is 5.93. The van der Waals surface area contributed by atoms with Crippen molar-refractivity contribution in [3.8, 4) is 0 Å². The SMILES string of the molecule is OC1C=CC=C(Br)C1. The number of aliphatic hydroxyl groups is 1. The highest BCUT2D eigenvalue weighted by Gasteiger charge is 2.03. The van der Waals surface area contributed by atoms with Crippen LogP contribution >= 0.6 is 15.9 Å². The Hall–Kier alpha value is -0.0800. The summed E-state index contributed by atoms with van der Waals surface area (Å²) >= 11 is 3.28. The minimum Gasteiger partial charge on any atom is -0.389 e. The molecule has 1 nitrogen and oxygen atoms in total. The summed E-state index contributed by atoms with van der Waals surface area (Å²) in [4.78, 5) is 0. The normalized spacial score (nSPS) is 27.8. The van der Waals surface area contributed by atoms with Crippen molar-refractivity contribution in [1.82, 2.24) is 0 Å². The lowest BCUT2D eigenvalue weighted by Crippen LogP contribution is -2.03. The molecule has 0 saturated heterocycles. The summed E-state index contributed by atoms with van der Waals surface area (Å²) in [6.07, 6.45) is 5.99. The van der Waals surface area contributed by atoms with Crippen LogP contribution in [0.2, 0.25) is 0 Å². The monoisotopic (exact) mass is 174 g/mol. The molecular weight excluding hydrogens is 168 g/mol. The third-order valence-corrected chi connectivity index (χ3v) is 1.60. The Bertz CT molecular complexity index is 137. The molecule has 1 atom stereocenters. The molecular formula is C6H7BrO. The fourth-order valence-electron chi connectivity index (χ4n) is 0.624. The second-order valence-corrected chi connectivity index (χ2v) is 2.79. The average molecular weight is 175 g/mol. The second kappa shape index (κ2) is 2.46. The Morgan fingerprint density at radius 2 is 2.50 bits per heavy atom. The number of hydrogen-bond acceptors (Lipinski definition) is 1. The van der Waals surface area contributed by atoms with Gasteiger partial charge in [0.2, 0.25) is 0 Å². The van der Waals surface area contributed by atoms with Crippen molar-refractivity contribution >= 4 is 15.9 Å². The zero-order valence-electron chi connectivity index (χ0n) is 4.34. The van der Waals surface area contributed by atoms with Crippen molar-refractivity contribution in [3.05, 3.63) is 22.7 Å². The standard InChI is InChI=1S/C6H7BrO/c7-5-2-1-3-6(8)4-5/h1-3,6,8H,4H2. The second-order valence-electron chi connectivity index (χ2n) is 1.77. The van der Waals surface area contributed by atoms with Crippen LogP contribution in [0, 0.1) is 0 Å². The van der Waals surface area contributed by atoms with Gasteiger partial charge in [0.1, 0.15) is 0 Å². The van der Waals surface area contributed by atoms with Gasteiger partial charge >= 0.3 is 0 Å². The highest BCUT2D eigenvalue weighted by atomic mass is 79.9. The van der Waals surface area contributed by atoms with E-state index < -0.39 is 0 Å².